The number of aryl methyl sites for hydroxylation is 1. The van der Waals surface area contributed by atoms with Gasteiger partial charge in [0.05, 0.1) is 12.3 Å². The van der Waals surface area contributed by atoms with Crippen LogP contribution in [-0.4, -0.2) is 27.1 Å². The lowest BCUT2D eigenvalue weighted by Crippen LogP contribution is -2.28. The van der Waals surface area contributed by atoms with Crippen LogP contribution in [0.15, 0.2) is 48.8 Å². The summed E-state index contributed by atoms with van der Waals surface area (Å²) in [6, 6.07) is 12.1. The Morgan fingerprint density at radius 3 is 2.75 bits per heavy atom. The predicted octanol–water partition coefficient (Wildman–Crippen LogP) is 2.69. The highest BCUT2D eigenvalue weighted by Crippen LogP contribution is 2.15. The van der Waals surface area contributed by atoms with Crippen molar-refractivity contribution in [1.29, 1.82) is 0 Å². The number of hydrogen-bond acceptors (Lipinski definition) is 4. The van der Waals surface area contributed by atoms with Crippen LogP contribution in [0.2, 0.25) is 0 Å². The van der Waals surface area contributed by atoms with Gasteiger partial charge in [-0.05, 0) is 43.2 Å². The smallest absolute Gasteiger partial charge is 0.140 e. The first kappa shape index (κ1) is 16.5. The lowest BCUT2D eigenvalue weighted by molar-refractivity contribution is 0.251. The third kappa shape index (κ3) is 3.93. The number of nitrogens with one attached hydrogen (secondary N) is 1. The number of aliphatic hydroxyl groups is 1. The molecule has 0 aliphatic heterocycles. The van der Waals surface area contributed by atoms with E-state index in [0.29, 0.717) is 6.61 Å². The molecular weight excluding hydrogens is 302 g/mol. The van der Waals surface area contributed by atoms with Crippen molar-refractivity contribution in [3.8, 4) is 5.75 Å². The summed E-state index contributed by atoms with van der Waals surface area (Å²) >= 11 is 0. The molecule has 5 heteroatoms. The number of hydrogen-bond donors (Lipinski definition) is 2. The maximum absolute atomic E-state index is 9.01. The molecule has 2 N–H and O–H groups in total. The van der Waals surface area contributed by atoms with Gasteiger partial charge in [0, 0.05) is 25.0 Å². The lowest BCUT2D eigenvalue weighted by atomic mass is 10.2. The number of imidazole rings is 1. The van der Waals surface area contributed by atoms with Gasteiger partial charge in [-0.3, -0.25) is 0 Å². The van der Waals surface area contributed by atoms with Crippen LogP contribution in [0.5, 0.6) is 5.75 Å². The highest BCUT2D eigenvalue weighted by molar-refractivity contribution is 5.47. The van der Waals surface area contributed by atoms with E-state index in [1.54, 1.807) is 0 Å². The monoisotopic (exact) mass is 325 g/mol. The lowest BCUT2D eigenvalue weighted by Gasteiger charge is -2.11. The van der Waals surface area contributed by atoms with E-state index in [-0.39, 0.29) is 12.6 Å². The van der Waals surface area contributed by atoms with Crippen molar-refractivity contribution in [2.45, 2.75) is 33.0 Å². The number of ether oxygens (including phenoxy) is 1. The first-order valence-corrected chi connectivity index (χ1v) is 8.15. The van der Waals surface area contributed by atoms with Gasteiger partial charge >= 0.3 is 0 Å². The Morgan fingerprint density at radius 2 is 2.04 bits per heavy atom. The Hall–Kier alpha value is -2.37. The molecule has 2 aromatic heterocycles. The van der Waals surface area contributed by atoms with Gasteiger partial charge in [-0.25, -0.2) is 4.98 Å². The molecule has 0 saturated carbocycles. The highest BCUT2D eigenvalue weighted by atomic mass is 16.5. The van der Waals surface area contributed by atoms with E-state index >= 15 is 0 Å². The molecule has 3 rings (SSSR count). The van der Waals surface area contributed by atoms with Crippen molar-refractivity contribution < 1.29 is 9.84 Å². The number of aliphatic hydroxyl groups excluding tert-OH is 1. The summed E-state index contributed by atoms with van der Waals surface area (Å²) in [7, 11) is 0. The topological polar surface area (TPSA) is 58.8 Å². The van der Waals surface area contributed by atoms with Crippen molar-refractivity contribution in [3.05, 3.63) is 65.6 Å². The number of rotatable bonds is 7. The van der Waals surface area contributed by atoms with Gasteiger partial charge in [-0.2, -0.15) is 0 Å². The SMILES string of the molecule is Cc1cccn2cc(COc3ccc(CN[C@H](C)CO)cc3)nc12. The van der Waals surface area contributed by atoms with Crippen LogP contribution < -0.4 is 10.1 Å². The molecule has 2 heterocycles. The summed E-state index contributed by atoms with van der Waals surface area (Å²) in [5.74, 6) is 0.822. The fourth-order valence-electron chi connectivity index (χ4n) is 2.49. The Balaban J connectivity index is 1.58. The maximum atomic E-state index is 9.01. The van der Waals surface area contributed by atoms with Crippen LogP contribution >= 0.6 is 0 Å². The molecule has 1 aromatic carbocycles. The molecular formula is C19H23N3O2. The van der Waals surface area contributed by atoms with Gasteiger partial charge in [0.25, 0.3) is 0 Å². The molecule has 1 atom stereocenters. The molecule has 24 heavy (non-hydrogen) atoms. The zero-order valence-corrected chi connectivity index (χ0v) is 14.1. The number of aromatic nitrogens is 2. The summed E-state index contributed by atoms with van der Waals surface area (Å²) < 4.78 is 7.85. The van der Waals surface area contributed by atoms with Crippen molar-refractivity contribution in [2.24, 2.45) is 0 Å². The molecule has 0 aliphatic rings. The molecule has 0 saturated heterocycles. The second-order valence-corrected chi connectivity index (χ2v) is 6.05. The summed E-state index contributed by atoms with van der Waals surface area (Å²) in [5, 5.41) is 12.3. The van der Waals surface area contributed by atoms with E-state index in [4.69, 9.17) is 9.84 Å². The maximum Gasteiger partial charge on any atom is 0.140 e. The predicted molar refractivity (Wildman–Crippen MR) is 94.1 cm³/mol. The van der Waals surface area contributed by atoms with Crippen LogP contribution in [-0.2, 0) is 13.2 Å². The number of fused-ring (bicyclic) bond motifs is 1. The number of nitrogens with zero attached hydrogens (tertiary/aromatic N) is 2. The zero-order valence-electron chi connectivity index (χ0n) is 14.1. The van der Waals surface area contributed by atoms with Gasteiger partial charge in [-0.1, -0.05) is 18.2 Å². The van der Waals surface area contributed by atoms with E-state index in [9.17, 15) is 0 Å². The molecule has 3 aromatic rings. The molecule has 126 valence electrons. The second-order valence-electron chi connectivity index (χ2n) is 6.05. The summed E-state index contributed by atoms with van der Waals surface area (Å²) in [4.78, 5) is 4.61. The molecule has 0 bridgehead atoms. The molecule has 0 amide bonds. The average molecular weight is 325 g/mol. The van der Waals surface area contributed by atoms with Crippen LogP contribution in [0.1, 0.15) is 23.7 Å². The summed E-state index contributed by atoms with van der Waals surface area (Å²) in [6.45, 7) is 5.32. The minimum absolute atomic E-state index is 0.0967. The van der Waals surface area contributed by atoms with E-state index in [2.05, 4.69) is 23.3 Å². The average Bonchev–Trinajstić information content (AvgIpc) is 3.03. The molecule has 0 unspecified atom stereocenters. The van der Waals surface area contributed by atoms with Gasteiger partial charge in [0.2, 0.25) is 0 Å². The molecule has 0 radical (unpaired) electrons. The fraction of sp³-hybridized carbons (Fsp3) is 0.316. The Morgan fingerprint density at radius 1 is 1.25 bits per heavy atom. The van der Waals surface area contributed by atoms with E-state index in [1.165, 1.54) is 0 Å². The minimum atomic E-state index is 0.0967. The fourth-order valence-corrected chi connectivity index (χ4v) is 2.49. The van der Waals surface area contributed by atoms with Crippen LogP contribution in [0.3, 0.4) is 0 Å². The third-order valence-corrected chi connectivity index (χ3v) is 3.97. The van der Waals surface area contributed by atoms with Crippen molar-refractivity contribution >= 4 is 5.65 Å². The third-order valence-electron chi connectivity index (χ3n) is 3.97. The van der Waals surface area contributed by atoms with E-state index in [0.717, 1.165) is 34.8 Å². The number of benzene rings is 1. The Kier molecular flexibility index (Phi) is 5.13. The van der Waals surface area contributed by atoms with Crippen LogP contribution in [0.4, 0.5) is 0 Å². The first-order chi connectivity index (χ1) is 11.7. The van der Waals surface area contributed by atoms with Gasteiger partial charge < -0.3 is 19.6 Å². The molecule has 0 fully saturated rings. The van der Waals surface area contributed by atoms with Crippen molar-refractivity contribution in [1.82, 2.24) is 14.7 Å². The van der Waals surface area contributed by atoms with E-state index < -0.39 is 0 Å². The van der Waals surface area contributed by atoms with Gasteiger partial charge in [0.1, 0.15) is 18.0 Å². The molecule has 5 nitrogen and oxygen atoms in total. The largest absolute Gasteiger partial charge is 0.487 e. The van der Waals surface area contributed by atoms with Gasteiger partial charge in [-0.15, -0.1) is 0 Å². The zero-order chi connectivity index (χ0) is 16.9. The van der Waals surface area contributed by atoms with Crippen LogP contribution in [0.25, 0.3) is 5.65 Å². The van der Waals surface area contributed by atoms with E-state index in [1.807, 2.05) is 54.0 Å². The van der Waals surface area contributed by atoms with Crippen molar-refractivity contribution in [3.63, 3.8) is 0 Å². The normalized spacial score (nSPS) is 12.5. The van der Waals surface area contributed by atoms with Gasteiger partial charge in [0.15, 0.2) is 0 Å². The number of pyridine rings is 1. The first-order valence-electron chi connectivity index (χ1n) is 8.15. The highest BCUT2D eigenvalue weighted by Gasteiger charge is 2.05. The minimum Gasteiger partial charge on any atom is -0.487 e. The molecule has 0 aliphatic carbocycles. The van der Waals surface area contributed by atoms with Crippen molar-refractivity contribution in [2.75, 3.05) is 6.61 Å². The standard InChI is InChI=1S/C19H23N3O2/c1-14-4-3-9-22-11-17(21-19(14)22)13-24-18-7-5-16(6-8-18)10-20-15(2)12-23/h3-9,11,15,20,23H,10,12-13H2,1-2H3/t15-/m1/s1. The Bertz CT molecular complexity index is 796. The molecule has 0 spiro atoms. The summed E-state index contributed by atoms with van der Waals surface area (Å²) in [5.41, 5.74) is 4.19. The second kappa shape index (κ2) is 7.47. The quantitative estimate of drug-likeness (QED) is 0.701. The van der Waals surface area contributed by atoms with Crippen LogP contribution in [0, 0.1) is 6.92 Å². The summed E-state index contributed by atoms with van der Waals surface area (Å²) in [6.07, 6.45) is 3.99. The Labute approximate surface area is 141 Å².